The molecule has 1 aliphatic carbocycles. The number of benzene rings is 1. The van der Waals surface area contributed by atoms with Crippen molar-refractivity contribution in [3.8, 4) is 11.8 Å². The van der Waals surface area contributed by atoms with Crippen molar-refractivity contribution >= 4 is 0 Å². The molecule has 78 valence electrons. The Morgan fingerprint density at radius 3 is 3.20 bits per heavy atom. The van der Waals surface area contributed by atoms with Gasteiger partial charge in [0.25, 0.3) is 0 Å². The van der Waals surface area contributed by atoms with E-state index in [2.05, 4.69) is 0 Å². The van der Waals surface area contributed by atoms with E-state index in [4.69, 9.17) is 10.00 Å². The van der Waals surface area contributed by atoms with Gasteiger partial charge in [0.2, 0.25) is 0 Å². The molecule has 0 amide bonds. The van der Waals surface area contributed by atoms with Crippen molar-refractivity contribution in [2.45, 2.75) is 25.4 Å². The third kappa shape index (κ3) is 1.95. The molecule has 0 saturated carbocycles. The van der Waals surface area contributed by atoms with E-state index in [0.29, 0.717) is 0 Å². The van der Waals surface area contributed by atoms with Crippen LogP contribution in [-0.4, -0.2) is 11.7 Å². The van der Waals surface area contributed by atoms with Crippen molar-refractivity contribution in [2.24, 2.45) is 0 Å². The molecule has 0 aliphatic heterocycles. The number of nitrogens with zero attached hydrogens (tertiary/aromatic N) is 1. The van der Waals surface area contributed by atoms with Crippen LogP contribution in [0, 0.1) is 11.3 Å². The van der Waals surface area contributed by atoms with Crippen molar-refractivity contribution in [1.29, 1.82) is 5.26 Å². The molecule has 3 nitrogen and oxygen atoms in total. The molecule has 1 unspecified atom stereocenters. The van der Waals surface area contributed by atoms with Gasteiger partial charge < -0.3 is 9.84 Å². The zero-order valence-electron chi connectivity index (χ0n) is 8.44. The molecule has 1 aromatic rings. The molecule has 2 rings (SSSR count). The van der Waals surface area contributed by atoms with Gasteiger partial charge in [0.1, 0.15) is 11.8 Å². The summed E-state index contributed by atoms with van der Waals surface area (Å²) >= 11 is 0. The average Bonchev–Trinajstić information content (AvgIpc) is 2.27. The Balaban J connectivity index is 2.32. The number of hydrogen-bond acceptors (Lipinski definition) is 3. The molecule has 15 heavy (non-hydrogen) atoms. The molecule has 0 heterocycles. The maximum atomic E-state index is 9.79. The average molecular weight is 203 g/mol. The van der Waals surface area contributed by atoms with Gasteiger partial charge in [0, 0.05) is 0 Å². The van der Waals surface area contributed by atoms with Gasteiger partial charge in [-0.25, -0.2) is 0 Å². The van der Waals surface area contributed by atoms with Gasteiger partial charge in [-0.2, -0.15) is 5.26 Å². The predicted molar refractivity (Wildman–Crippen MR) is 55.4 cm³/mol. The standard InChI is InChI=1S/C12H13NO2/c13-7-8-15-12-6-2-3-9-10(12)4-1-5-11(9)14/h2-3,6,11,14H,1,4-5,8H2. The summed E-state index contributed by atoms with van der Waals surface area (Å²) in [5.41, 5.74) is 2.02. The number of fused-ring (bicyclic) bond motifs is 1. The monoisotopic (exact) mass is 203 g/mol. The van der Waals surface area contributed by atoms with Gasteiger partial charge >= 0.3 is 0 Å². The Morgan fingerprint density at radius 1 is 1.53 bits per heavy atom. The zero-order chi connectivity index (χ0) is 10.7. The smallest absolute Gasteiger partial charge is 0.174 e. The molecule has 0 saturated heterocycles. The fourth-order valence-electron chi connectivity index (χ4n) is 2.04. The Hall–Kier alpha value is -1.53. The van der Waals surface area contributed by atoms with Crippen molar-refractivity contribution in [2.75, 3.05) is 6.61 Å². The van der Waals surface area contributed by atoms with Crippen LogP contribution in [0.3, 0.4) is 0 Å². The van der Waals surface area contributed by atoms with Crippen LogP contribution in [0.1, 0.15) is 30.1 Å². The first-order valence-corrected chi connectivity index (χ1v) is 5.12. The quantitative estimate of drug-likeness (QED) is 0.799. The second-order valence-electron chi connectivity index (χ2n) is 3.68. The Bertz CT molecular complexity index is 395. The molecular formula is C12H13NO2. The molecular weight excluding hydrogens is 190 g/mol. The van der Waals surface area contributed by atoms with Crippen LogP contribution < -0.4 is 4.74 Å². The van der Waals surface area contributed by atoms with Crippen LogP contribution in [0.5, 0.6) is 5.75 Å². The topological polar surface area (TPSA) is 53.2 Å². The first-order chi connectivity index (χ1) is 7.33. The van der Waals surface area contributed by atoms with Crippen LogP contribution in [0.15, 0.2) is 18.2 Å². The third-order valence-electron chi connectivity index (χ3n) is 2.72. The SMILES string of the molecule is N#CCOc1cccc2c1CCCC2O. The van der Waals surface area contributed by atoms with Crippen LogP contribution in [0.25, 0.3) is 0 Å². The fraction of sp³-hybridized carbons (Fsp3) is 0.417. The van der Waals surface area contributed by atoms with Crippen molar-refractivity contribution in [3.63, 3.8) is 0 Å². The van der Waals surface area contributed by atoms with E-state index >= 15 is 0 Å². The molecule has 0 spiro atoms. The maximum Gasteiger partial charge on any atom is 0.174 e. The van der Waals surface area contributed by atoms with Crippen molar-refractivity contribution in [1.82, 2.24) is 0 Å². The number of aliphatic hydroxyl groups is 1. The number of aliphatic hydroxyl groups excluding tert-OH is 1. The maximum absolute atomic E-state index is 9.79. The van der Waals surface area contributed by atoms with Gasteiger partial charge in [-0.1, -0.05) is 12.1 Å². The minimum Gasteiger partial charge on any atom is -0.478 e. The summed E-state index contributed by atoms with van der Waals surface area (Å²) < 4.78 is 5.33. The van der Waals surface area contributed by atoms with Gasteiger partial charge in [0.05, 0.1) is 6.10 Å². The number of nitriles is 1. The van der Waals surface area contributed by atoms with E-state index in [-0.39, 0.29) is 12.7 Å². The highest BCUT2D eigenvalue weighted by atomic mass is 16.5. The molecule has 1 atom stereocenters. The van der Waals surface area contributed by atoms with Crippen LogP contribution in [-0.2, 0) is 6.42 Å². The fourth-order valence-corrected chi connectivity index (χ4v) is 2.04. The summed E-state index contributed by atoms with van der Waals surface area (Å²) in [6, 6.07) is 7.60. The zero-order valence-corrected chi connectivity index (χ0v) is 8.44. The molecule has 1 N–H and O–H groups in total. The Kier molecular flexibility index (Phi) is 2.89. The van der Waals surface area contributed by atoms with E-state index in [0.717, 1.165) is 36.1 Å². The number of ether oxygens (including phenoxy) is 1. The molecule has 1 aliphatic rings. The number of hydrogen-bond donors (Lipinski definition) is 1. The van der Waals surface area contributed by atoms with E-state index in [9.17, 15) is 5.11 Å². The minimum absolute atomic E-state index is 0.0621. The molecule has 0 aromatic heterocycles. The van der Waals surface area contributed by atoms with Crippen LogP contribution in [0.4, 0.5) is 0 Å². The van der Waals surface area contributed by atoms with E-state index in [1.54, 1.807) is 0 Å². The summed E-state index contributed by atoms with van der Waals surface area (Å²) in [4.78, 5) is 0. The molecule has 0 radical (unpaired) electrons. The summed E-state index contributed by atoms with van der Waals surface area (Å²) in [5, 5.41) is 18.2. The minimum atomic E-state index is -0.376. The lowest BCUT2D eigenvalue weighted by molar-refractivity contribution is 0.155. The predicted octanol–water partition coefficient (Wildman–Crippen LogP) is 1.96. The molecule has 0 bridgehead atoms. The number of rotatable bonds is 2. The second kappa shape index (κ2) is 4.33. The lowest BCUT2D eigenvalue weighted by Crippen LogP contribution is -2.11. The first kappa shape index (κ1) is 10.0. The van der Waals surface area contributed by atoms with Crippen LogP contribution in [0.2, 0.25) is 0 Å². The third-order valence-corrected chi connectivity index (χ3v) is 2.72. The van der Waals surface area contributed by atoms with Gasteiger partial charge in [-0.3, -0.25) is 0 Å². The summed E-state index contributed by atoms with van der Waals surface area (Å²) in [5.74, 6) is 0.743. The Labute approximate surface area is 88.9 Å². The molecule has 3 heteroatoms. The molecule has 1 aromatic carbocycles. The van der Waals surface area contributed by atoms with E-state index in [1.807, 2.05) is 24.3 Å². The van der Waals surface area contributed by atoms with E-state index < -0.39 is 0 Å². The highest BCUT2D eigenvalue weighted by Crippen LogP contribution is 2.34. The van der Waals surface area contributed by atoms with E-state index in [1.165, 1.54) is 0 Å². The first-order valence-electron chi connectivity index (χ1n) is 5.12. The molecule has 0 fully saturated rings. The summed E-state index contributed by atoms with van der Waals surface area (Å²) in [6.45, 7) is 0.0621. The largest absolute Gasteiger partial charge is 0.478 e. The summed E-state index contributed by atoms with van der Waals surface area (Å²) in [6.07, 6.45) is 2.34. The van der Waals surface area contributed by atoms with Crippen LogP contribution >= 0.6 is 0 Å². The lowest BCUT2D eigenvalue weighted by atomic mass is 9.89. The normalized spacial score (nSPS) is 19.1. The summed E-state index contributed by atoms with van der Waals surface area (Å²) in [7, 11) is 0. The van der Waals surface area contributed by atoms with Gasteiger partial charge in [0.15, 0.2) is 6.61 Å². The lowest BCUT2D eigenvalue weighted by Gasteiger charge is -2.23. The van der Waals surface area contributed by atoms with Gasteiger partial charge in [-0.15, -0.1) is 0 Å². The Morgan fingerprint density at radius 2 is 2.40 bits per heavy atom. The van der Waals surface area contributed by atoms with Gasteiger partial charge in [-0.05, 0) is 36.5 Å². The second-order valence-corrected chi connectivity index (χ2v) is 3.68. The highest BCUT2D eigenvalue weighted by Gasteiger charge is 2.20. The highest BCUT2D eigenvalue weighted by molar-refractivity contribution is 5.42. The van der Waals surface area contributed by atoms with Crippen molar-refractivity contribution < 1.29 is 9.84 Å². The van der Waals surface area contributed by atoms with Crippen molar-refractivity contribution in [3.05, 3.63) is 29.3 Å².